The zero-order valence-electron chi connectivity index (χ0n) is 12.6. The van der Waals surface area contributed by atoms with Crippen molar-refractivity contribution in [2.75, 3.05) is 0 Å². The number of hydrogen-bond donors (Lipinski definition) is 2. The summed E-state index contributed by atoms with van der Waals surface area (Å²) in [6.45, 7) is 9.70. The van der Waals surface area contributed by atoms with Crippen LogP contribution in [0.25, 0.3) is 0 Å². The van der Waals surface area contributed by atoms with E-state index in [0.717, 1.165) is 16.6 Å². The molecule has 0 aromatic carbocycles. The SMILES string of the molecule is CCc1nsc(SC(C)CC(C)(NC(C)C)C(=O)O)n1. The van der Waals surface area contributed by atoms with Crippen molar-refractivity contribution in [2.45, 2.75) is 68.6 Å². The molecule has 5 nitrogen and oxygen atoms in total. The van der Waals surface area contributed by atoms with Crippen LogP contribution in [-0.4, -0.2) is 37.3 Å². The summed E-state index contributed by atoms with van der Waals surface area (Å²) >= 11 is 2.98. The summed E-state index contributed by atoms with van der Waals surface area (Å²) in [5.41, 5.74) is -0.918. The van der Waals surface area contributed by atoms with Gasteiger partial charge in [0.15, 0.2) is 4.34 Å². The number of rotatable bonds is 8. The van der Waals surface area contributed by atoms with Crippen molar-refractivity contribution in [2.24, 2.45) is 0 Å². The van der Waals surface area contributed by atoms with Crippen LogP contribution in [0.2, 0.25) is 0 Å². The summed E-state index contributed by atoms with van der Waals surface area (Å²) in [6, 6.07) is 0.126. The lowest BCUT2D eigenvalue weighted by atomic mass is 9.95. The Kier molecular flexibility index (Phi) is 6.42. The molecule has 2 atom stereocenters. The summed E-state index contributed by atoms with van der Waals surface area (Å²) in [5.74, 6) is 0.0381. The van der Waals surface area contributed by atoms with Gasteiger partial charge in [0.05, 0.1) is 0 Å². The van der Waals surface area contributed by atoms with E-state index in [1.165, 1.54) is 11.5 Å². The predicted octanol–water partition coefficient (Wildman–Crippen LogP) is 2.81. The standard InChI is InChI=1S/C13H23N3O2S2/c1-6-10-14-12(20-16-10)19-9(4)7-13(5,11(17)18)15-8(2)3/h8-9,15H,6-7H2,1-5H3,(H,17,18). The van der Waals surface area contributed by atoms with E-state index >= 15 is 0 Å². The first-order valence-electron chi connectivity index (χ1n) is 6.77. The van der Waals surface area contributed by atoms with Gasteiger partial charge < -0.3 is 5.11 Å². The Morgan fingerprint density at radius 1 is 1.50 bits per heavy atom. The Hall–Kier alpha value is -0.660. The van der Waals surface area contributed by atoms with Crippen LogP contribution in [0.15, 0.2) is 4.34 Å². The monoisotopic (exact) mass is 317 g/mol. The van der Waals surface area contributed by atoms with E-state index in [0.29, 0.717) is 6.42 Å². The fourth-order valence-electron chi connectivity index (χ4n) is 2.06. The largest absolute Gasteiger partial charge is 0.480 e. The summed E-state index contributed by atoms with van der Waals surface area (Å²) in [6.07, 6.45) is 1.36. The van der Waals surface area contributed by atoms with Gasteiger partial charge in [-0.05, 0) is 38.7 Å². The number of aromatic nitrogens is 2. The van der Waals surface area contributed by atoms with Gasteiger partial charge in [0, 0.05) is 17.7 Å². The van der Waals surface area contributed by atoms with E-state index in [4.69, 9.17) is 0 Å². The zero-order chi connectivity index (χ0) is 15.3. The Morgan fingerprint density at radius 2 is 2.15 bits per heavy atom. The minimum atomic E-state index is -0.918. The number of nitrogens with one attached hydrogen (secondary N) is 1. The van der Waals surface area contributed by atoms with Crippen LogP contribution in [0.3, 0.4) is 0 Å². The normalized spacial score (nSPS) is 16.1. The molecule has 114 valence electrons. The van der Waals surface area contributed by atoms with Gasteiger partial charge in [-0.1, -0.05) is 25.6 Å². The van der Waals surface area contributed by atoms with Crippen LogP contribution in [0.5, 0.6) is 0 Å². The Labute approximate surface area is 128 Å². The number of aryl methyl sites for hydroxylation is 1. The average molecular weight is 317 g/mol. The second-order valence-electron chi connectivity index (χ2n) is 5.40. The van der Waals surface area contributed by atoms with Crippen molar-refractivity contribution in [3.8, 4) is 0 Å². The first-order chi connectivity index (χ1) is 9.26. The number of carboxylic acids is 1. The molecule has 1 rings (SSSR count). The molecule has 0 radical (unpaired) electrons. The van der Waals surface area contributed by atoms with E-state index < -0.39 is 11.5 Å². The zero-order valence-corrected chi connectivity index (χ0v) is 14.3. The van der Waals surface area contributed by atoms with Gasteiger partial charge in [-0.3, -0.25) is 10.1 Å². The number of hydrogen-bond acceptors (Lipinski definition) is 6. The van der Waals surface area contributed by atoms with Crippen LogP contribution in [-0.2, 0) is 11.2 Å². The molecule has 0 bridgehead atoms. The second-order valence-corrected chi connectivity index (χ2v) is 7.84. The first-order valence-corrected chi connectivity index (χ1v) is 8.42. The Balaban J connectivity index is 2.66. The molecular weight excluding hydrogens is 294 g/mol. The van der Waals surface area contributed by atoms with E-state index in [-0.39, 0.29) is 11.3 Å². The number of carboxylic acid groups (broad SMARTS) is 1. The van der Waals surface area contributed by atoms with E-state index in [1.54, 1.807) is 18.7 Å². The molecule has 2 N–H and O–H groups in total. The van der Waals surface area contributed by atoms with Crippen LogP contribution < -0.4 is 5.32 Å². The molecule has 2 unspecified atom stereocenters. The molecule has 20 heavy (non-hydrogen) atoms. The molecule has 0 aliphatic rings. The van der Waals surface area contributed by atoms with Crippen LogP contribution >= 0.6 is 23.3 Å². The van der Waals surface area contributed by atoms with Gasteiger partial charge in [0.25, 0.3) is 0 Å². The van der Waals surface area contributed by atoms with Gasteiger partial charge in [-0.2, -0.15) is 4.37 Å². The third-order valence-corrected chi connectivity index (χ3v) is 4.77. The molecular formula is C13H23N3O2S2. The molecule has 0 spiro atoms. The van der Waals surface area contributed by atoms with E-state index in [2.05, 4.69) is 14.7 Å². The molecule has 0 saturated heterocycles. The molecule has 0 saturated carbocycles. The van der Waals surface area contributed by atoms with E-state index in [1.807, 2.05) is 27.7 Å². The highest BCUT2D eigenvalue weighted by Gasteiger charge is 2.35. The predicted molar refractivity (Wildman–Crippen MR) is 83.5 cm³/mol. The van der Waals surface area contributed by atoms with Gasteiger partial charge >= 0.3 is 5.97 Å². The maximum Gasteiger partial charge on any atom is 0.323 e. The molecule has 1 aromatic rings. The van der Waals surface area contributed by atoms with Crippen molar-refractivity contribution < 1.29 is 9.90 Å². The minimum absolute atomic E-state index is 0.126. The summed E-state index contributed by atoms with van der Waals surface area (Å²) in [4.78, 5) is 15.9. The minimum Gasteiger partial charge on any atom is -0.480 e. The van der Waals surface area contributed by atoms with Gasteiger partial charge in [0.1, 0.15) is 11.4 Å². The number of thioether (sulfide) groups is 1. The molecule has 0 aliphatic heterocycles. The molecule has 0 amide bonds. The fraction of sp³-hybridized carbons (Fsp3) is 0.769. The fourth-order valence-corrected chi connectivity index (χ4v) is 4.26. The molecule has 0 fully saturated rings. The molecule has 1 aromatic heterocycles. The summed E-state index contributed by atoms with van der Waals surface area (Å²) in [7, 11) is 0. The number of aliphatic carboxylic acids is 1. The third kappa shape index (κ3) is 5.03. The maximum atomic E-state index is 11.5. The highest BCUT2D eigenvalue weighted by atomic mass is 32.2. The van der Waals surface area contributed by atoms with Crippen LogP contribution in [0, 0.1) is 0 Å². The van der Waals surface area contributed by atoms with Crippen molar-refractivity contribution in [1.82, 2.24) is 14.7 Å². The maximum absolute atomic E-state index is 11.5. The number of carbonyl (C=O) groups is 1. The van der Waals surface area contributed by atoms with Crippen molar-refractivity contribution in [3.05, 3.63) is 5.82 Å². The number of nitrogens with zero attached hydrogens (tertiary/aromatic N) is 2. The second kappa shape index (κ2) is 7.38. The lowest BCUT2D eigenvalue weighted by molar-refractivity contribution is -0.144. The van der Waals surface area contributed by atoms with Crippen molar-refractivity contribution in [3.63, 3.8) is 0 Å². The Morgan fingerprint density at radius 3 is 2.60 bits per heavy atom. The van der Waals surface area contributed by atoms with Gasteiger partial charge in [-0.25, -0.2) is 4.98 Å². The lowest BCUT2D eigenvalue weighted by Gasteiger charge is -2.30. The molecule has 1 heterocycles. The highest BCUT2D eigenvalue weighted by molar-refractivity contribution is 8.01. The summed E-state index contributed by atoms with van der Waals surface area (Å²) in [5, 5.41) is 12.7. The van der Waals surface area contributed by atoms with Crippen molar-refractivity contribution in [1.29, 1.82) is 0 Å². The smallest absolute Gasteiger partial charge is 0.323 e. The third-order valence-electron chi connectivity index (χ3n) is 2.84. The molecule has 0 aliphatic carbocycles. The highest BCUT2D eigenvalue weighted by Crippen LogP contribution is 2.30. The lowest BCUT2D eigenvalue weighted by Crippen LogP contribution is -2.53. The van der Waals surface area contributed by atoms with Crippen LogP contribution in [0.1, 0.15) is 46.9 Å². The first kappa shape index (κ1) is 17.4. The van der Waals surface area contributed by atoms with E-state index in [9.17, 15) is 9.90 Å². The topological polar surface area (TPSA) is 75.1 Å². The van der Waals surface area contributed by atoms with Gasteiger partial charge in [-0.15, -0.1) is 0 Å². The summed E-state index contributed by atoms with van der Waals surface area (Å²) < 4.78 is 5.15. The Bertz CT molecular complexity index is 451. The average Bonchev–Trinajstić information content (AvgIpc) is 2.74. The van der Waals surface area contributed by atoms with Gasteiger partial charge in [0.2, 0.25) is 0 Å². The van der Waals surface area contributed by atoms with Crippen molar-refractivity contribution >= 4 is 29.3 Å². The van der Waals surface area contributed by atoms with Crippen LogP contribution in [0.4, 0.5) is 0 Å². The quantitative estimate of drug-likeness (QED) is 0.718. The molecule has 7 heteroatoms.